The number of rotatable bonds is 4. The molecule has 6 atom stereocenters. The van der Waals surface area contributed by atoms with E-state index in [1.807, 2.05) is 6.08 Å². The largest absolute Gasteiger partial charge is 0.450 e. The fourth-order valence-electron chi connectivity index (χ4n) is 7.61. The SMILES string of the molecule is CCC(=O)O[C@]1(C(=O)CBr)CC[C@H]2[C@@H]3CCC4=CC(=O)CC[C@]4(C)[C@H]3CC[C@@]21C. The van der Waals surface area contributed by atoms with Gasteiger partial charge < -0.3 is 4.74 Å². The molecule has 4 rings (SSSR count). The van der Waals surface area contributed by atoms with Gasteiger partial charge in [-0.3, -0.25) is 14.4 Å². The van der Waals surface area contributed by atoms with Crippen molar-refractivity contribution in [2.45, 2.75) is 84.2 Å². The van der Waals surface area contributed by atoms with Gasteiger partial charge in [0.1, 0.15) is 0 Å². The molecule has 0 heterocycles. The van der Waals surface area contributed by atoms with E-state index in [9.17, 15) is 14.4 Å². The summed E-state index contributed by atoms with van der Waals surface area (Å²) in [6.07, 6.45) is 9.46. The molecule has 160 valence electrons. The monoisotopic (exact) mass is 464 g/mol. The lowest BCUT2D eigenvalue weighted by Crippen LogP contribution is -2.59. The van der Waals surface area contributed by atoms with Gasteiger partial charge in [0.2, 0.25) is 0 Å². The molecular formula is C24H33BrO4. The molecule has 0 amide bonds. The average Bonchev–Trinajstić information content (AvgIpc) is 3.01. The van der Waals surface area contributed by atoms with Crippen LogP contribution in [0.2, 0.25) is 0 Å². The average molecular weight is 465 g/mol. The molecule has 3 saturated carbocycles. The first-order chi connectivity index (χ1) is 13.7. The number of alkyl halides is 1. The predicted molar refractivity (Wildman–Crippen MR) is 115 cm³/mol. The van der Waals surface area contributed by atoms with Gasteiger partial charge in [-0.25, -0.2) is 0 Å². The summed E-state index contributed by atoms with van der Waals surface area (Å²) in [5.74, 6) is 1.53. The zero-order chi connectivity index (χ0) is 21.0. The van der Waals surface area contributed by atoms with Crippen molar-refractivity contribution in [3.05, 3.63) is 11.6 Å². The fraction of sp³-hybridized carbons (Fsp3) is 0.792. The van der Waals surface area contributed by atoms with E-state index in [-0.39, 0.29) is 33.7 Å². The van der Waals surface area contributed by atoms with Gasteiger partial charge in [0.15, 0.2) is 17.2 Å². The standard InChI is InChI=1S/C24H33BrO4/c1-4-21(28)29-24(20(27)14-25)12-9-19-17-6-5-15-13-16(26)7-10-22(15,2)18(17)8-11-23(19,24)3/h13,17-19H,4-12,14H2,1-3H3/t17-,18+,19+,22+,23+,24+/m1/s1. The van der Waals surface area contributed by atoms with Gasteiger partial charge in [-0.1, -0.05) is 42.3 Å². The summed E-state index contributed by atoms with van der Waals surface area (Å²) in [4.78, 5) is 37.5. The molecule has 0 spiro atoms. The van der Waals surface area contributed by atoms with Gasteiger partial charge in [0, 0.05) is 18.3 Å². The Morgan fingerprint density at radius 3 is 2.52 bits per heavy atom. The van der Waals surface area contributed by atoms with Crippen molar-refractivity contribution in [3.8, 4) is 0 Å². The maximum Gasteiger partial charge on any atom is 0.306 e. The highest BCUT2D eigenvalue weighted by Gasteiger charge is 2.68. The number of hydrogen-bond donors (Lipinski definition) is 0. The number of hydrogen-bond acceptors (Lipinski definition) is 4. The second-order valence-electron chi connectivity index (χ2n) is 10.2. The topological polar surface area (TPSA) is 60.4 Å². The van der Waals surface area contributed by atoms with Crippen LogP contribution in [-0.2, 0) is 19.1 Å². The van der Waals surface area contributed by atoms with Gasteiger partial charge in [0.05, 0.1) is 5.33 Å². The van der Waals surface area contributed by atoms with Crippen LogP contribution in [0, 0.1) is 28.6 Å². The third-order valence-corrected chi connectivity index (χ3v) is 9.74. The Kier molecular flexibility index (Phi) is 5.37. The number of fused-ring (bicyclic) bond motifs is 5. The molecule has 4 aliphatic carbocycles. The summed E-state index contributed by atoms with van der Waals surface area (Å²) >= 11 is 3.36. The van der Waals surface area contributed by atoms with Crippen molar-refractivity contribution >= 4 is 33.5 Å². The molecule has 0 unspecified atom stereocenters. The van der Waals surface area contributed by atoms with Crippen LogP contribution in [0.3, 0.4) is 0 Å². The molecule has 0 aliphatic heterocycles. The summed E-state index contributed by atoms with van der Waals surface area (Å²) in [6, 6.07) is 0. The molecule has 5 heteroatoms. The molecule has 0 radical (unpaired) electrons. The summed E-state index contributed by atoms with van der Waals surface area (Å²) in [6.45, 7) is 6.37. The van der Waals surface area contributed by atoms with E-state index in [0.29, 0.717) is 37.0 Å². The Bertz CT molecular complexity index is 773. The second kappa shape index (κ2) is 7.32. The number of carbonyl (C=O) groups excluding carboxylic acids is 3. The summed E-state index contributed by atoms with van der Waals surface area (Å²) in [5, 5.41) is 0.229. The predicted octanol–water partition coefficient (Wildman–Crippen LogP) is 5.17. The van der Waals surface area contributed by atoms with Crippen LogP contribution in [0.15, 0.2) is 11.6 Å². The van der Waals surface area contributed by atoms with Crippen LogP contribution in [0.1, 0.15) is 78.6 Å². The normalized spacial score (nSPS) is 43.7. The van der Waals surface area contributed by atoms with E-state index in [2.05, 4.69) is 29.8 Å². The highest BCUT2D eigenvalue weighted by Crippen LogP contribution is 2.68. The molecule has 0 N–H and O–H groups in total. The molecule has 0 aromatic heterocycles. The van der Waals surface area contributed by atoms with Crippen LogP contribution >= 0.6 is 15.9 Å². The Balaban J connectivity index is 1.69. The van der Waals surface area contributed by atoms with E-state index in [0.717, 1.165) is 38.5 Å². The number of esters is 1. The maximum atomic E-state index is 13.2. The van der Waals surface area contributed by atoms with Crippen LogP contribution in [-0.4, -0.2) is 28.5 Å². The zero-order valence-corrected chi connectivity index (χ0v) is 19.5. The van der Waals surface area contributed by atoms with Crippen molar-refractivity contribution < 1.29 is 19.1 Å². The highest BCUT2D eigenvalue weighted by atomic mass is 79.9. The third-order valence-electron chi connectivity index (χ3n) is 9.23. The van der Waals surface area contributed by atoms with E-state index < -0.39 is 5.60 Å². The van der Waals surface area contributed by atoms with E-state index in [1.165, 1.54) is 5.57 Å². The first kappa shape index (κ1) is 21.3. The fourth-order valence-corrected chi connectivity index (χ4v) is 8.07. The summed E-state index contributed by atoms with van der Waals surface area (Å²) in [5.41, 5.74) is 0.185. The Morgan fingerprint density at radius 1 is 1.10 bits per heavy atom. The van der Waals surface area contributed by atoms with Gasteiger partial charge in [-0.05, 0) is 74.2 Å². The molecule has 0 bridgehead atoms. The van der Waals surface area contributed by atoms with E-state index >= 15 is 0 Å². The van der Waals surface area contributed by atoms with Gasteiger partial charge >= 0.3 is 5.97 Å². The highest BCUT2D eigenvalue weighted by molar-refractivity contribution is 9.09. The van der Waals surface area contributed by atoms with Crippen molar-refractivity contribution in [2.75, 3.05) is 5.33 Å². The minimum absolute atomic E-state index is 0.0219. The lowest BCUT2D eigenvalue weighted by Gasteiger charge is -2.59. The molecule has 29 heavy (non-hydrogen) atoms. The quantitative estimate of drug-likeness (QED) is 0.424. The number of ether oxygens (including phenoxy) is 1. The number of ketones is 2. The van der Waals surface area contributed by atoms with Gasteiger partial charge in [0.25, 0.3) is 0 Å². The zero-order valence-electron chi connectivity index (χ0n) is 17.9. The first-order valence-electron chi connectivity index (χ1n) is 11.3. The van der Waals surface area contributed by atoms with Gasteiger partial charge in [-0.2, -0.15) is 0 Å². The Morgan fingerprint density at radius 2 is 1.83 bits per heavy atom. The number of allylic oxidation sites excluding steroid dienone is 1. The molecular weight excluding hydrogens is 432 g/mol. The second-order valence-corrected chi connectivity index (χ2v) is 10.7. The third kappa shape index (κ3) is 2.93. The summed E-state index contributed by atoms with van der Waals surface area (Å²) < 4.78 is 6.02. The Labute approximate surface area is 182 Å². The minimum atomic E-state index is -0.987. The number of Topliss-reactive ketones (excluding diaryl/α,β-unsaturated/α-hetero) is 1. The molecule has 4 nitrogen and oxygen atoms in total. The molecule has 0 aromatic carbocycles. The lowest BCUT2D eigenvalue weighted by molar-refractivity contribution is -0.188. The number of halogens is 1. The van der Waals surface area contributed by atoms with Crippen LogP contribution in [0.4, 0.5) is 0 Å². The number of carbonyl (C=O) groups is 3. The first-order valence-corrected chi connectivity index (χ1v) is 12.4. The smallest absolute Gasteiger partial charge is 0.306 e. The minimum Gasteiger partial charge on any atom is -0.450 e. The van der Waals surface area contributed by atoms with E-state index in [1.54, 1.807) is 6.92 Å². The van der Waals surface area contributed by atoms with Crippen molar-refractivity contribution in [1.82, 2.24) is 0 Å². The maximum absolute atomic E-state index is 13.2. The lowest BCUT2D eigenvalue weighted by atomic mass is 9.46. The molecule has 0 aromatic rings. The van der Waals surface area contributed by atoms with Gasteiger partial charge in [-0.15, -0.1) is 0 Å². The van der Waals surface area contributed by atoms with E-state index in [4.69, 9.17) is 4.74 Å². The molecule has 3 fully saturated rings. The molecule has 4 aliphatic rings. The van der Waals surface area contributed by atoms with Crippen molar-refractivity contribution in [3.63, 3.8) is 0 Å². The van der Waals surface area contributed by atoms with Crippen molar-refractivity contribution in [1.29, 1.82) is 0 Å². The Hall–Kier alpha value is -0.970. The summed E-state index contributed by atoms with van der Waals surface area (Å²) in [7, 11) is 0. The van der Waals surface area contributed by atoms with Crippen LogP contribution in [0.25, 0.3) is 0 Å². The van der Waals surface area contributed by atoms with Crippen LogP contribution in [0.5, 0.6) is 0 Å². The molecule has 0 saturated heterocycles. The van der Waals surface area contributed by atoms with Crippen molar-refractivity contribution in [2.24, 2.45) is 28.6 Å². The van der Waals surface area contributed by atoms with Crippen LogP contribution < -0.4 is 0 Å².